The molecule has 0 bridgehead atoms. The normalized spacial score (nSPS) is 10.4. The Morgan fingerprint density at radius 2 is 1.88 bits per heavy atom. The molecule has 16 heavy (non-hydrogen) atoms. The fraction of sp³-hybridized carbons (Fsp3) is 0.364. The van der Waals surface area contributed by atoms with Gasteiger partial charge in [-0.2, -0.15) is 0 Å². The highest BCUT2D eigenvalue weighted by molar-refractivity contribution is 6.36. The van der Waals surface area contributed by atoms with Gasteiger partial charge in [-0.05, 0) is 19.9 Å². The van der Waals surface area contributed by atoms with Crippen molar-refractivity contribution in [3.8, 4) is 5.75 Å². The molecule has 0 aromatic heterocycles. The first-order valence-corrected chi connectivity index (χ1v) is 5.45. The minimum Gasteiger partial charge on any atom is -0.489 e. The van der Waals surface area contributed by atoms with E-state index < -0.39 is 5.97 Å². The maximum atomic E-state index is 11.3. The summed E-state index contributed by atoms with van der Waals surface area (Å²) in [5, 5.41) is 0.588. The van der Waals surface area contributed by atoms with Crippen LogP contribution >= 0.6 is 23.2 Å². The minimum atomic E-state index is -0.525. The Labute approximate surface area is 104 Å². The van der Waals surface area contributed by atoms with E-state index >= 15 is 0 Å². The average Bonchev–Trinajstić information content (AvgIpc) is 2.21. The summed E-state index contributed by atoms with van der Waals surface area (Å²) in [5.74, 6) is -0.0719. The highest BCUT2D eigenvalue weighted by Gasteiger charge is 2.15. The standard InChI is InChI=1S/C11H12Cl2O3/c1-6(2)16-10-5-8(12)7(4-9(10)13)11(14)15-3/h4-6H,1-3H3. The first-order chi connectivity index (χ1) is 7.45. The van der Waals surface area contributed by atoms with E-state index in [9.17, 15) is 4.79 Å². The summed E-state index contributed by atoms with van der Waals surface area (Å²) >= 11 is 11.9. The summed E-state index contributed by atoms with van der Waals surface area (Å²) in [5.41, 5.74) is 0.227. The lowest BCUT2D eigenvalue weighted by molar-refractivity contribution is 0.0601. The number of benzene rings is 1. The Bertz CT molecular complexity index is 402. The molecule has 5 heteroatoms. The Morgan fingerprint density at radius 1 is 1.25 bits per heavy atom. The van der Waals surface area contributed by atoms with Crippen LogP contribution < -0.4 is 4.74 Å². The van der Waals surface area contributed by atoms with Gasteiger partial charge in [0.25, 0.3) is 0 Å². The van der Waals surface area contributed by atoms with Gasteiger partial charge in [-0.1, -0.05) is 23.2 Å². The lowest BCUT2D eigenvalue weighted by Gasteiger charge is -2.12. The van der Waals surface area contributed by atoms with E-state index in [0.717, 1.165) is 0 Å². The van der Waals surface area contributed by atoms with E-state index in [1.807, 2.05) is 13.8 Å². The van der Waals surface area contributed by atoms with Gasteiger partial charge in [0.2, 0.25) is 0 Å². The molecule has 0 atom stereocenters. The second-order valence-electron chi connectivity index (χ2n) is 3.42. The molecule has 1 rings (SSSR count). The average molecular weight is 263 g/mol. The third-order valence-electron chi connectivity index (χ3n) is 1.79. The van der Waals surface area contributed by atoms with Crippen molar-refractivity contribution in [3.63, 3.8) is 0 Å². The molecule has 1 aromatic carbocycles. The fourth-order valence-electron chi connectivity index (χ4n) is 1.14. The number of methoxy groups -OCH3 is 1. The Kier molecular flexibility index (Phi) is 4.44. The second-order valence-corrected chi connectivity index (χ2v) is 4.24. The number of rotatable bonds is 3. The first-order valence-electron chi connectivity index (χ1n) is 4.69. The molecule has 0 N–H and O–H groups in total. The molecule has 0 aliphatic rings. The highest BCUT2D eigenvalue weighted by atomic mass is 35.5. The highest BCUT2D eigenvalue weighted by Crippen LogP contribution is 2.32. The molecule has 0 unspecified atom stereocenters. The summed E-state index contributed by atoms with van der Waals surface area (Å²) in [6, 6.07) is 2.95. The predicted octanol–water partition coefficient (Wildman–Crippen LogP) is 3.57. The Balaban J connectivity index is 3.11. The minimum absolute atomic E-state index is 0.0162. The maximum Gasteiger partial charge on any atom is 0.339 e. The molecule has 0 heterocycles. The molecular weight excluding hydrogens is 251 g/mol. The summed E-state index contributed by atoms with van der Waals surface area (Å²) in [7, 11) is 1.28. The zero-order valence-corrected chi connectivity index (χ0v) is 10.7. The molecule has 0 saturated carbocycles. The molecule has 0 saturated heterocycles. The summed E-state index contributed by atoms with van der Waals surface area (Å²) in [6.07, 6.45) is -0.0162. The van der Waals surface area contributed by atoms with Crippen molar-refractivity contribution in [2.45, 2.75) is 20.0 Å². The van der Waals surface area contributed by atoms with Gasteiger partial charge in [-0.3, -0.25) is 0 Å². The van der Waals surface area contributed by atoms with Gasteiger partial charge in [0.05, 0.1) is 28.8 Å². The first kappa shape index (κ1) is 13.1. The van der Waals surface area contributed by atoms with Crippen molar-refractivity contribution >= 4 is 29.2 Å². The van der Waals surface area contributed by atoms with Gasteiger partial charge in [-0.15, -0.1) is 0 Å². The van der Waals surface area contributed by atoms with E-state index in [0.29, 0.717) is 10.8 Å². The van der Waals surface area contributed by atoms with E-state index in [-0.39, 0.29) is 16.7 Å². The van der Waals surface area contributed by atoms with Crippen LogP contribution in [0.1, 0.15) is 24.2 Å². The SMILES string of the molecule is COC(=O)c1cc(Cl)c(OC(C)C)cc1Cl. The van der Waals surface area contributed by atoms with E-state index in [2.05, 4.69) is 4.74 Å². The van der Waals surface area contributed by atoms with Gasteiger partial charge < -0.3 is 9.47 Å². The molecule has 88 valence electrons. The van der Waals surface area contributed by atoms with Crippen molar-refractivity contribution in [1.29, 1.82) is 0 Å². The predicted molar refractivity (Wildman–Crippen MR) is 63.6 cm³/mol. The lowest BCUT2D eigenvalue weighted by Crippen LogP contribution is -2.07. The Hall–Kier alpha value is -0.930. The molecule has 0 aliphatic carbocycles. The lowest BCUT2D eigenvalue weighted by atomic mass is 10.2. The number of esters is 1. The molecule has 0 spiro atoms. The number of ether oxygens (including phenoxy) is 2. The largest absolute Gasteiger partial charge is 0.489 e. The van der Waals surface area contributed by atoms with Crippen molar-refractivity contribution in [3.05, 3.63) is 27.7 Å². The zero-order valence-electron chi connectivity index (χ0n) is 9.21. The Morgan fingerprint density at radius 3 is 2.38 bits per heavy atom. The van der Waals surface area contributed by atoms with Gasteiger partial charge >= 0.3 is 5.97 Å². The van der Waals surface area contributed by atoms with Crippen LogP contribution in [0.5, 0.6) is 5.75 Å². The van der Waals surface area contributed by atoms with Crippen LogP contribution in [-0.2, 0) is 4.74 Å². The van der Waals surface area contributed by atoms with Gasteiger partial charge in [0.15, 0.2) is 0 Å². The molecule has 1 aromatic rings. The third-order valence-corrected chi connectivity index (χ3v) is 2.40. The number of carbonyl (C=O) groups excluding carboxylic acids is 1. The third kappa shape index (κ3) is 3.03. The van der Waals surface area contributed by atoms with Crippen molar-refractivity contribution in [2.24, 2.45) is 0 Å². The maximum absolute atomic E-state index is 11.3. The van der Waals surface area contributed by atoms with Crippen molar-refractivity contribution < 1.29 is 14.3 Å². The van der Waals surface area contributed by atoms with Crippen molar-refractivity contribution in [2.75, 3.05) is 7.11 Å². The van der Waals surface area contributed by atoms with Crippen LogP contribution in [0.15, 0.2) is 12.1 Å². The zero-order chi connectivity index (χ0) is 12.3. The van der Waals surface area contributed by atoms with Crippen LogP contribution in [0.4, 0.5) is 0 Å². The molecule has 0 aliphatic heterocycles. The number of hydrogen-bond donors (Lipinski definition) is 0. The summed E-state index contributed by atoms with van der Waals surface area (Å²) in [4.78, 5) is 11.3. The monoisotopic (exact) mass is 262 g/mol. The van der Waals surface area contributed by atoms with Crippen molar-refractivity contribution in [1.82, 2.24) is 0 Å². The molecule has 0 fully saturated rings. The van der Waals surface area contributed by atoms with E-state index in [1.54, 1.807) is 0 Å². The number of hydrogen-bond acceptors (Lipinski definition) is 3. The number of carbonyl (C=O) groups is 1. The van der Waals surface area contributed by atoms with Crippen LogP contribution in [0.25, 0.3) is 0 Å². The number of halogens is 2. The van der Waals surface area contributed by atoms with Crippen LogP contribution in [0.3, 0.4) is 0 Å². The fourth-order valence-corrected chi connectivity index (χ4v) is 1.58. The van der Waals surface area contributed by atoms with Crippen LogP contribution in [0, 0.1) is 0 Å². The van der Waals surface area contributed by atoms with Crippen LogP contribution in [0.2, 0.25) is 10.0 Å². The van der Waals surface area contributed by atoms with E-state index in [1.165, 1.54) is 19.2 Å². The molecule has 3 nitrogen and oxygen atoms in total. The van der Waals surface area contributed by atoms with E-state index in [4.69, 9.17) is 27.9 Å². The summed E-state index contributed by atoms with van der Waals surface area (Å²) in [6.45, 7) is 3.75. The quantitative estimate of drug-likeness (QED) is 0.782. The molecule has 0 amide bonds. The smallest absolute Gasteiger partial charge is 0.339 e. The van der Waals surface area contributed by atoms with Gasteiger partial charge in [0.1, 0.15) is 5.75 Å². The molecular formula is C11H12Cl2O3. The van der Waals surface area contributed by atoms with Crippen LogP contribution in [-0.4, -0.2) is 19.2 Å². The molecule has 0 radical (unpaired) electrons. The topological polar surface area (TPSA) is 35.5 Å². The second kappa shape index (κ2) is 5.41. The summed E-state index contributed by atoms with van der Waals surface area (Å²) < 4.78 is 10.00. The van der Waals surface area contributed by atoms with Gasteiger partial charge in [-0.25, -0.2) is 4.79 Å². The van der Waals surface area contributed by atoms with Gasteiger partial charge in [0, 0.05) is 6.07 Å².